The number of aliphatic hydroxyl groups excluding tert-OH is 1. The molecule has 0 aromatic heterocycles. The number of carbonyl (C=O) groups excluding carboxylic acids is 5. The van der Waals surface area contributed by atoms with Crippen molar-refractivity contribution in [2.45, 2.75) is 95.6 Å². The molecule has 0 bridgehead atoms. The second-order valence-corrected chi connectivity index (χ2v) is 12.5. The highest BCUT2D eigenvalue weighted by Crippen LogP contribution is 2.06. The Bertz CT molecular complexity index is 1110. The molecule has 0 saturated carbocycles. The predicted octanol–water partition coefficient (Wildman–Crippen LogP) is -4.23. The van der Waals surface area contributed by atoms with Crippen LogP contribution in [-0.4, -0.2) is 123 Å². The number of unbranched alkanes of at least 4 members (excludes halogenated alkanes) is 2. The van der Waals surface area contributed by atoms with E-state index in [0.717, 1.165) is 0 Å². The highest BCUT2D eigenvalue weighted by atomic mass is 32.2. The summed E-state index contributed by atoms with van der Waals surface area (Å²) in [4.78, 5) is 74.4. The first-order valence-electron chi connectivity index (χ1n) is 14.7. The van der Waals surface area contributed by atoms with Crippen LogP contribution in [-0.2, 0) is 38.8 Å². The lowest BCUT2D eigenvalue weighted by molar-refractivity contribution is -0.150. The van der Waals surface area contributed by atoms with Crippen LogP contribution in [0.3, 0.4) is 0 Å². The normalized spacial score (nSPS) is 15.4. The number of aliphatic carboxylic acids is 1. The molecule has 0 radical (unpaired) electrons. The standard InChI is InChI=1S/C26H50N8O10S/c1-15(21(36)26(41)42)30-23(38)18(9-5-7-11-27)32-22(37)16(2)31-25(40)20(17(3)35)33-24(39)19(10-6-8-12-28)34-45(43,44)14-13-29-4/h15-20,29,34-35H,5-14,27-28H2,1-4H3,(H,30,38)(H,31,40)(H,32,37)(H,33,39)(H,41,42)/t15-,16-,17+,18-,19-,20-/m0/s1. The van der Waals surface area contributed by atoms with Gasteiger partial charge in [-0.1, -0.05) is 6.42 Å². The van der Waals surface area contributed by atoms with Crippen molar-refractivity contribution in [3.8, 4) is 0 Å². The number of carbonyl (C=O) groups is 6. The lowest BCUT2D eigenvalue weighted by atomic mass is 10.1. The molecule has 0 heterocycles. The second-order valence-electron chi connectivity index (χ2n) is 10.6. The molecule has 0 spiro atoms. The zero-order chi connectivity index (χ0) is 34.7. The number of nitrogens with two attached hydrogens (primary N) is 2. The van der Waals surface area contributed by atoms with Crippen LogP contribution in [0.4, 0.5) is 0 Å². The van der Waals surface area contributed by atoms with Gasteiger partial charge in [0.05, 0.1) is 17.9 Å². The van der Waals surface area contributed by atoms with E-state index >= 15 is 0 Å². The Morgan fingerprint density at radius 1 is 0.711 bits per heavy atom. The molecule has 6 atom stereocenters. The van der Waals surface area contributed by atoms with Crippen molar-refractivity contribution in [3.63, 3.8) is 0 Å². The molecule has 0 aliphatic heterocycles. The van der Waals surface area contributed by atoms with Crippen LogP contribution in [0.15, 0.2) is 0 Å². The summed E-state index contributed by atoms with van der Waals surface area (Å²) < 4.78 is 27.2. The number of ketones is 1. The molecule has 0 unspecified atom stereocenters. The van der Waals surface area contributed by atoms with Gasteiger partial charge in [-0.25, -0.2) is 17.9 Å². The summed E-state index contributed by atoms with van der Waals surface area (Å²) in [5.74, 6) is -6.80. The Hall–Kier alpha value is -3.23. The van der Waals surface area contributed by atoms with Gasteiger partial charge in [-0.05, 0) is 73.0 Å². The van der Waals surface area contributed by atoms with Gasteiger partial charge in [0.25, 0.3) is 5.78 Å². The first kappa shape index (κ1) is 41.8. The highest BCUT2D eigenvalue weighted by molar-refractivity contribution is 7.89. The lowest BCUT2D eigenvalue weighted by Gasteiger charge is -2.26. The lowest BCUT2D eigenvalue weighted by Crippen LogP contribution is -2.60. The smallest absolute Gasteiger partial charge is 0.374 e. The molecular weight excluding hydrogens is 616 g/mol. The van der Waals surface area contributed by atoms with E-state index < -0.39 is 81.7 Å². The van der Waals surface area contributed by atoms with E-state index in [0.29, 0.717) is 38.8 Å². The summed E-state index contributed by atoms with van der Waals surface area (Å²) in [5.41, 5.74) is 11.0. The van der Waals surface area contributed by atoms with Gasteiger partial charge >= 0.3 is 5.97 Å². The van der Waals surface area contributed by atoms with Crippen molar-refractivity contribution < 1.29 is 47.4 Å². The van der Waals surface area contributed by atoms with Crippen LogP contribution in [0.25, 0.3) is 0 Å². The molecule has 0 aromatic rings. The third kappa shape index (κ3) is 16.6. The van der Waals surface area contributed by atoms with Crippen molar-refractivity contribution in [2.75, 3.05) is 32.4 Å². The van der Waals surface area contributed by atoms with Gasteiger partial charge in [-0.15, -0.1) is 0 Å². The molecule has 0 saturated heterocycles. The number of hydrogen-bond acceptors (Lipinski definition) is 12. The first-order valence-corrected chi connectivity index (χ1v) is 16.4. The van der Waals surface area contributed by atoms with Gasteiger partial charge in [0, 0.05) is 6.54 Å². The summed E-state index contributed by atoms with van der Waals surface area (Å²) in [6.45, 7) is 4.42. The minimum Gasteiger partial charge on any atom is -0.475 e. The fraction of sp³-hybridized carbons (Fsp3) is 0.769. The zero-order valence-electron chi connectivity index (χ0n) is 26.3. The first-order chi connectivity index (χ1) is 21.0. The molecule has 0 aliphatic carbocycles. The number of rotatable bonds is 24. The number of amides is 4. The van der Waals surface area contributed by atoms with E-state index in [1.807, 2.05) is 0 Å². The molecule has 0 fully saturated rings. The largest absolute Gasteiger partial charge is 0.475 e. The van der Waals surface area contributed by atoms with Crippen LogP contribution in [0.5, 0.6) is 0 Å². The molecule has 260 valence electrons. The number of Topliss-reactive ketones (excluding diaryl/α,β-unsaturated/α-hetero) is 1. The molecule has 18 nitrogen and oxygen atoms in total. The molecule has 19 heteroatoms. The minimum atomic E-state index is -3.88. The Morgan fingerprint density at radius 3 is 1.71 bits per heavy atom. The maximum atomic E-state index is 13.1. The van der Waals surface area contributed by atoms with Crippen molar-refractivity contribution in [3.05, 3.63) is 0 Å². The third-order valence-electron chi connectivity index (χ3n) is 6.56. The molecule has 4 amide bonds. The van der Waals surface area contributed by atoms with Gasteiger partial charge < -0.3 is 48.3 Å². The number of carboxylic acid groups (broad SMARTS) is 1. The maximum absolute atomic E-state index is 13.1. The van der Waals surface area contributed by atoms with Crippen molar-refractivity contribution in [1.29, 1.82) is 0 Å². The van der Waals surface area contributed by atoms with Gasteiger partial charge in [-0.3, -0.25) is 24.0 Å². The zero-order valence-corrected chi connectivity index (χ0v) is 27.1. The van der Waals surface area contributed by atoms with Crippen LogP contribution in [0.1, 0.15) is 59.3 Å². The monoisotopic (exact) mass is 666 g/mol. The van der Waals surface area contributed by atoms with Crippen molar-refractivity contribution >= 4 is 45.4 Å². The van der Waals surface area contributed by atoms with Gasteiger partial charge in [0.1, 0.15) is 24.2 Å². The van der Waals surface area contributed by atoms with E-state index in [2.05, 4.69) is 31.3 Å². The van der Waals surface area contributed by atoms with Gasteiger partial charge in [0.2, 0.25) is 33.7 Å². The fourth-order valence-electron chi connectivity index (χ4n) is 3.90. The van der Waals surface area contributed by atoms with Gasteiger partial charge in [0.15, 0.2) is 0 Å². The Balaban J connectivity index is 5.64. The average molecular weight is 667 g/mol. The topological polar surface area (TPSA) is 301 Å². The molecule has 0 aliphatic rings. The summed E-state index contributed by atoms with van der Waals surface area (Å²) >= 11 is 0. The number of aliphatic hydroxyl groups is 1. The van der Waals surface area contributed by atoms with Crippen LogP contribution < -0.4 is 42.8 Å². The fourth-order valence-corrected chi connectivity index (χ4v) is 5.15. The van der Waals surface area contributed by atoms with Crippen molar-refractivity contribution in [2.24, 2.45) is 11.5 Å². The summed E-state index contributed by atoms with van der Waals surface area (Å²) in [6, 6.07) is -6.72. The predicted molar refractivity (Wildman–Crippen MR) is 164 cm³/mol. The molecule has 0 rings (SSSR count). The van der Waals surface area contributed by atoms with Crippen molar-refractivity contribution in [1.82, 2.24) is 31.3 Å². The maximum Gasteiger partial charge on any atom is 0.374 e. The molecule has 0 aromatic carbocycles. The SMILES string of the molecule is CNCCS(=O)(=O)N[C@@H](CCCCN)C(=O)N[C@H](C(=O)N[C@@H](C)C(=O)N[C@@H](CCCCN)C(=O)N[C@@H](C)C(=O)C(=O)O)[C@@H](C)O. The van der Waals surface area contributed by atoms with Crippen LogP contribution in [0.2, 0.25) is 0 Å². The number of sulfonamides is 1. The van der Waals surface area contributed by atoms with E-state index in [1.165, 1.54) is 20.8 Å². The second kappa shape index (κ2) is 21.5. The molecule has 12 N–H and O–H groups in total. The van der Waals surface area contributed by atoms with E-state index in [4.69, 9.17) is 16.6 Å². The van der Waals surface area contributed by atoms with E-state index in [-0.39, 0.29) is 25.1 Å². The van der Waals surface area contributed by atoms with Crippen LogP contribution >= 0.6 is 0 Å². The number of nitrogens with one attached hydrogen (secondary N) is 6. The molecular formula is C26H50N8O10S. The van der Waals surface area contributed by atoms with E-state index in [9.17, 15) is 42.3 Å². The van der Waals surface area contributed by atoms with Gasteiger partial charge in [-0.2, -0.15) is 0 Å². The highest BCUT2D eigenvalue weighted by Gasteiger charge is 2.33. The minimum absolute atomic E-state index is 0.0685. The number of hydrogen-bond donors (Lipinski definition) is 10. The summed E-state index contributed by atoms with van der Waals surface area (Å²) in [5, 5.41) is 31.2. The Labute approximate surface area is 263 Å². The summed E-state index contributed by atoms with van der Waals surface area (Å²) in [7, 11) is -2.32. The third-order valence-corrected chi connectivity index (χ3v) is 7.95. The summed E-state index contributed by atoms with van der Waals surface area (Å²) in [6.07, 6.45) is 0.509. The quantitative estimate of drug-likeness (QED) is 0.0345. The molecule has 45 heavy (non-hydrogen) atoms. The van der Waals surface area contributed by atoms with E-state index in [1.54, 1.807) is 7.05 Å². The number of carboxylic acids is 1. The Kier molecular flexibility index (Phi) is 20.0. The average Bonchev–Trinajstić information content (AvgIpc) is 2.96. The van der Waals surface area contributed by atoms with Crippen LogP contribution in [0, 0.1) is 0 Å². The Morgan fingerprint density at radius 2 is 1.22 bits per heavy atom.